The van der Waals surface area contributed by atoms with Crippen molar-refractivity contribution < 1.29 is 8.78 Å². The van der Waals surface area contributed by atoms with Gasteiger partial charge in [0.2, 0.25) is 0 Å². The first-order valence-electron chi connectivity index (χ1n) is 6.67. The highest BCUT2D eigenvalue weighted by Gasteiger charge is 2.14. The van der Waals surface area contributed by atoms with Crippen LogP contribution in [0.4, 0.5) is 8.78 Å². The standard InChI is InChI=1S/C14H18F2N4/c1-10(2)8-12-9-18-20(19-12)7-5-11-4-3-6-17-13(11)14(15)16/h3-4,6,9-10,14H,5,7-8H2,1-2H3. The third kappa shape index (κ3) is 3.82. The zero-order chi connectivity index (χ0) is 14.5. The Hall–Kier alpha value is -1.85. The molecule has 0 fully saturated rings. The summed E-state index contributed by atoms with van der Waals surface area (Å²) in [6.45, 7) is 4.71. The maximum absolute atomic E-state index is 12.8. The van der Waals surface area contributed by atoms with E-state index in [4.69, 9.17) is 0 Å². The van der Waals surface area contributed by atoms with Gasteiger partial charge in [0.25, 0.3) is 6.43 Å². The molecule has 0 spiro atoms. The SMILES string of the molecule is CC(C)Cc1cnn(CCc2cccnc2C(F)F)n1. The number of halogens is 2. The fourth-order valence-corrected chi connectivity index (χ4v) is 2.03. The average molecular weight is 280 g/mol. The van der Waals surface area contributed by atoms with Crippen molar-refractivity contribution in [2.45, 2.75) is 39.7 Å². The second-order valence-corrected chi connectivity index (χ2v) is 5.13. The van der Waals surface area contributed by atoms with Crippen molar-refractivity contribution in [2.24, 2.45) is 5.92 Å². The van der Waals surface area contributed by atoms with Gasteiger partial charge in [-0.3, -0.25) is 4.98 Å². The number of alkyl halides is 2. The molecular formula is C14H18F2N4. The third-order valence-corrected chi connectivity index (χ3v) is 2.92. The van der Waals surface area contributed by atoms with E-state index in [1.807, 2.05) is 0 Å². The Morgan fingerprint density at radius 2 is 2.10 bits per heavy atom. The second-order valence-electron chi connectivity index (χ2n) is 5.13. The number of rotatable bonds is 6. The summed E-state index contributed by atoms with van der Waals surface area (Å²) in [6, 6.07) is 3.34. The molecule has 0 bridgehead atoms. The fraction of sp³-hybridized carbons (Fsp3) is 0.500. The minimum atomic E-state index is -2.55. The number of hydrogen-bond acceptors (Lipinski definition) is 3. The molecule has 0 unspecified atom stereocenters. The second kappa shape index (κ2) is 6.54. The van der Waals surface area contributed by atoms with Crippen molar-refractivity contribution in [1.82, 2.24) is 20.0 Å². The molecule has 0 amide bonds. The minimum Gasteiger partial charge on any atom is -0.255 e. The molecule has 2 heterocycles. The molecule has 0 aliphatic heterocycles. The van der Waals surface area contributed by atoms with Gasteiger partial charge < -0.3 is 0 Å². The Morgan fingerprint density at radius 3 is 2.80 bits per heavy atom. The number of aryl methyl sites for hydroxylation is 2. The summed E-state index contributed by atoms with van der Waals surface area (Å²) in [6.07, 6.45) is 1.89. The molecule has 6 heteroatoms. The summed E-state index contributed by atoms with van der Waals surface area (Å²) in [7, 11) is 0. The lowest BCUT2D eigenvalue weighted by Gasteiger charge is -2.07. The van der Waals surface area contributed by atoms with Crippen molar-refractivity contribution in [3.8, 4) is 0 Å². The molecule has 0 aromatic carbocycles. The van der Waals surface area contributed by atoms with Crippen molar-refractivity contribution in [3.63, 3.8) is 0 Å². The van der Waals surface area contributed by atoms with Gasteiger partial charge in [-0.2, -0.15) is 15.0 Å². The maximum Gasteiger partial charge on any atom is 0.280 e. The first-order valence-corrected chi connectivity index (χ1v) is 6.67. The quantitative estimate of drug-likeness (QED) is 0.817. The summed E-state index contributed by atoms with van der Waals surface area (Å²) in [4.78, 5) is 5.29. The summed E-state index contributed by atoms with van der Waals surface area (Å²) in [5, 5.41) is 8.49. The normalized spacial score (nSPS) is 11.5. The monoisotopic (exact) mass is 280 g/mol. The Labute approximate surface area is 116 Å². The molecule has 2 rings (SSSR count). The minimum absolute atomic E-state index is 0.151. The van der Waals surface area contributed by atoms with Gasteiger partial charge in [-0.15, -0.1) is 0 Å². The van der Waals surface area contributed by atoms with Gasteiger partial charge in [0.15, 0.2) is 0 Å². The van der Waals surface area contributed by atoms with Gasteiger partial charge >= 0.3 is 0 Å². The summed E-state index contributed by atoms with van der Waals surface area (Å²) in [5.74, 6) is 0.518. The Kier molecular flexibility index (Phi) is 4.76. The van der Waals surface area contributed by atoms with E-state index in [1.54, 1.807) is 23.1 Å². The number of hydrogen-bond donors (Lipinski definition) is 0. The van der Waals surface area contributed by atoms with Crippen LogP contribution < -0.4 is 0 Å². The van der Waals surface area contributed by atoms with Crippen molar-refractivity contribution >= 4 is 0 Å². The lowest BCUT2D eigenvalue weighted by Crippen LogP contribution is -2.08. The van der Waals surface area contributed by atoms with Crippen molar-refractivity contribution in [2.75, 3.05) is 0 Å². The first kappa shape index (κ1) is 14.6. The van der Waals surface area contributed by atoms with Crippen LogP contribution in [0.2, 0.25) is 0 Å². The zero-order valence-electron chi connectivity index (χ0n) is 11.6. The highest BCUT2D eigenvalue weighted by atomic mass is 19.3. The Bertz CT molecular complexity index is 552. The molecular weight excluding hydrogens is 262 g/mol. The zero-order valence-corrected chi connectivity index (χ0v) is 11.6. The van der Waals surface area contributed by atoms with E-state index < -0.39 is 6.43 Å². The van der Waals surface area contributed by atoms with E-state index in [-0.39, 0.29) is 5.69 Å². The van der Waals surface area contributed by atoms with E-state index in [2.05, 4.69) is 29.0 Å². The largest absolute Gasteiger partial charge is 0.280 e. The molecule has 0 aliphatic carbocycles. The van der Waals surface area contributed by atoms with Crippen LogP contribution in [0.5, 0.6) is 0 Å². The van der Waals surface area contributed by atoms with E-state index in [0.29, 0.717) is 24.4 Å². The molecule has 0 aliphatic rings. The van der Waals surface area contributed by atoms with Gasteiger partial charge in [0, 0.05) is 6.20 Å². The van der Waals surface area contributed by atoms with Crippen LogP contribution >= 0.6 is 0 Å². The number of pyridine rings is 1. The highest BCUT2D eigenvalue weighted by molar-refractivity contribution is 5.20. The van der Waals surface area contributed by atoms with Gasteiger partial charge in [0.1, 0.15) is 5.69 Å². The van der Waals surface area contributed by atoms with Crippen LogP contribution in [0.25, 0.3) is 0 Å². The van der Waals surface area contributed by atoms with E-state index in [0.717, 1.165) is 12.1 Å². The first-order chi connectivity index (χ1) is 9.56. The maximum atomic E-state index is 12.8. The fourth-order valence-electron chi connectivity index (χ4n) is 2.03. The lowest BCUT2D eigenvalue weighted by molar-refractivity contribution is 0.144. The number of nitrogens with zero attached hydrogens (tertiary/aromatic N) is 4. The van der Waals surface area contributed by atoms with Crippen molar-refractivity contribution in [1.29, 1.82) is 0 Å². The Morgan fingerprint density at radius 1 is 1.30 bits per heavy atom. The molecule has 0 saturated heterocycles. The topological polar surface area (TPSA) is 43.6 Å². The molecule has 2 aromatic rings. The lowest BCUT2D eigenvalue weighted by atomic mass is 10.1. The van der Waals surface area contributed by atoms with Gasteiger partial charge in [-0.25, -0.2) is 8.78 Å². The number of aromatic nitrogens is 4. The molecule has 108 valence electrons. The molecule has 0 N–H and O–H groups in total. The van der Waals surface area contributed by atoms with Crippen LogP contribution in [0.1, 0.15) is 37.2 Å². The van der Waals surface area contributed by atoms with Crippen molar-refractivity contribution in [3.05, 3.63) is 41.5 Å². The molecule has 20 heavy (non-hydrogen) atoms. The van der Waals surface area contributed by atoms with Crippen LogP contribution in [0.15, 0.2) is 24.5 Å². The van der Waals surface area contributed by atoms with Gasteiger partial charge in [-0.05, 0) is 30.4 Å². The third-order valence-electron chi connectivity index (χ3n) is 2.92. The summed E-state index contributed by atoms with van der Waals surface area (Å²) in [5.41, 5.74) is 1.33. The van der Waals surface area contributed by atoms with Crippen LogP contribution in [0, 0.1) is 5.92 Å². The molecule has 0 radical (unpaired) electrons. The molecule has 0 saturated carbocycles. The van der Waals surface area contributed by atoms with Crippen LogP contribution in [-0.4, -0.2) is 20.0 Å². The van der Waals surface area contributed by atoms with Gasteiger partial charge in [-0.1, -0.05) is 19.9 Å². The van der Waals surface area contributed by atoms with E-state index in [9.17, 15) is 8.78 Å². The summed E-state index contributed by atoms with van der Waals surface area (Å²) >= 11 is 0. The van der Waals surface area contributed by atoms with E-state index in [1.165, 1.54) is 6.20 Å². The Balaban J connectivity index is 2.00. The smallest absolute Gasteiger partial charge is 0.255 e. The predicted molar refractivity (Wildman–Crippen MR) is 71.5 cm³/mol. The predicted octanol–water partition coefficient (Wildman–Crippen LogP) is 3.05. The van der Waals surface area contributed by atoms with Crippen LogP contribution in [-0.2, 0) is 19.4 Å². The van der Waals surface area contributed by atoms with Gasteiger partial charge in [0.05, 0.1) is 18.4 Å². The molecule has 0 atom stereocenters. The summed E-state index contributed by atoms with van der Waals surface area (Å²) < 4.78 is 25.6. The molecule has 2 aromatic heterocycles. The van der Waals surface area contributed by atoms with Crippen LogP contribution in [0.3, 0.4) is 0 Å². The average Bonchev–Trinajstić information content (AvgIpc) is 2.83. The highest BCUT2D eigenvalue weighted by Crippen LogP contribution is 2.20. The van der Waals surface area contributed by atoms with E-state index >= 15 is 0 Å². The molecule has 4 nitrogen and oxygen atoms in total.